The molecular formula is C21H26N2O7S. The summed E-state index contributed by atoms with van der Waals surface area (Å²) < 4.78 is 21.0. The maximum atomic E-state index is 13.0. The predicted octanol–water partition coefficient (Wildman–Crippen LogP) is 3.21. The zero-order chi connectivity index (χ0) is 23.3. The first-order chi connectivity index (χ1) is 14.7. The first kappa shape index (κ1) is 24.0. The number of thiophene rings is 1. The molecule has 0 fully saturated rings. The standard InChI is InChI=1S/C21H26N2O7S/c1-8-30-21(26)15-11(2)17(20(25)23(3)4)31-19(15)22-18(24)12-9-13(27-5)16(29-7)14(10-12)28-6/h9-10H,8H2,1-7H3,(H,22,24). The number of anilines is 1. The first-order valence-corrected chi connectivity index (χ1v) is 10.1. The Balaban J connectivity index is 2.52. The summed E-state index contributed by atoms with van der Waals surface area (Å²) in [5.41, 5.74) is 0.816. The predicted molar refractivity (Wildman–Crippen MR) is 117 cm³/mol. The summed E-state index contributed by atoms with van der Waals surface area (Å²) in [7, 11) is 7.57. The molecule has 0 unspecified atom stereocenters. The Morgan fingerprint density at radius 1 is 1.03 bits per heavy atom. The molecule has 1 heterocycles. The Labute approximate surface area is 184 Å². The second-order valence-electron chi connectivity index (χ2n) is 6.55. The van der Waals surface area contributed by atoms with E-state index in [1.54, 1.807) is 27.9 Å². The molecule has 0 atom stereocenters. The van der Waals surface area contributed by atoms with Gasteiger partial charge in [0, 0.05) is 19.7 Å². The van der Waals surface area contributed by atoms with Crippen LogP contribution in [0.3, 0.4) is 0 Å². The van der Waals surface area contributed by atoms with Gasteiger partial charge in [-0.1, -0.05) is 0 Å². The fourth-order valence-electron chi connectivity index (χ4n) is 2.85. The molecule has 0 aliphatic heterocycles. The van der Waals surface area contributed by atoms with Crippen molar-refractivity contribution >= 4 is 34.1 Å². The second-order valence-corrected chi connectivity index (χ2v) is 7.57. The molecule has 0 spiro atoms. The maximum absolute atomic E-state index is 13.0. The molecule has 0 saturated carbocycles. The number of carbonyl (C=O) groups is 3. The van der Waals surface area contributed by atoms with Gasteiger partial charge in [-0.25, -0.2) is 4.79 Å². The monoisotopic (exact) mass is 450 g/mol. The number of methoxy groups -OCH3 is 3. The molecule has 9 nitrogen and oxygen atoms in total. The largest absolute Gasteiger partial charge is 0.493 e. The van der Waals surface area contributed by atoms with Crippen molar-refractivity contribution in [1.82, 2.24) is 4.90 Å². The Morgan fingerprint density at radius 2 is 1.61 bits per heavy atom. The molecule has 1 N–H and O–H groups in total. The summed E-state index contributed by atoms with van der Waals surface area (Å²) in [4.78, 5) is 39.8. The van der Waals surface area contributed by atoms with Crippen LogP contribution >= 0.6 is 11.3 Å². The van der Waals surface area contributed by atoms with E-state index < -0.39 is 11.9 Å². The number of hydrogen-bond acceptors (Lipinski definition) is 8. The van der Waals surface area contributed by atoms with E-state index in [2.05, 4.69) is 5.32 Å². The van der Waals surface area contributed by atoms with E-state index >= 15 is 0 Å². The molecule has 10 heteroatoms. The summed E-state index contributed by atoms with van der Waals surface area (Å²) in [6.07, 6.45) is 0. The molecule has 1 aromatic carbocycles. The van der Waals surface area contributed by atoms with Crippen LogP contribution in [0.5, 0.6) is 17.2 Å². The van der Waals surface area contributed by atoms with Crippen LogP contribution in [0, 0.1) is 6.92 Å². The van der Waals surface area contributed by atoms with Crippen LogP contribution in [0.25, 0.3) is 0 Å². The van der Waals surface area contributed by atoms with E-state index in [0.29, 0.717) is 27.7 Å². The number of rotatable bonds is 8. The average Bonchev–Trinajstić information content (AvgIpc) is 3.07. The summed E-state index contributed by atoms with van der Waals surface area (Å²) in [5, 5.41) is 2.94. The van der Waals surface area contributed by atoms with Gasteiger partial charge in [0.2, 0.25) is 5.75 Å². The summed E-state index contributed by atoms with van der Waals surface area (Å²) in [6.45, 7) is 3.49. The third-order valence-electron chi connectivity index (χ3n) is 4.38. The average molecular weight is 451 g/mol. The zero-order valence-electron chi connectivity index (χ0n) is 18.6. The lowest BCUT2D eigenvalue weighted by Gasteiger charge is -2.14. The number of esters is 1. The summed E-state index contributed by atoms with van der Waals surface area (Å²) >= 11 is 1.02. The van der Waals surface area contributed by atoms with Crippen molar-refractivity contribution in [1.29, 1.82) is 0 Å². The number of carbonyl (C=O) groups excluding carboxylic acids is 3. The van der Waals surface area contributed by atoms with Crippen LogP contribution < -0.4 is 19.5 Å². The van der Waals surface area contributed by atoms with Gasteiger partial charge in [-0.3, -0.25) is 9.59 Å². The van der Waals surface area contributed by atoms with Crippen LogP contribution in [0.4, 0.5) is 5.00 Å². The van der Waals surface area contributed by atoms with Gasteiger partial charge in [0.05, 0.1) is 38.4 Å². The SMILES string of the molecule is CCOC(=O)c1c(NC(=O)c2cc(OC)c(OC)c(OC)c2)sc(C(=O)N(C)C)c1C. The molecule has 31 heavy (non-hydrogen) atoms. The number of amides is 2. The Bertz CT molecular complexity index is 973. The molecule has 0 saturated heterocycles. The van der Waals surface area contributed by atoms with Crippen molar-refractivity contribution in [2.24, 2.45) is 0 Å². The smallest absolute Gasteiger partial charge is 0.341 e. The fraction of sp³-hybridized carbons (Fsp3) is 0.381. The highest BCUT2D eigenvalue weighted by Gasteiger charge is 2.28. The van der Waals surface area contributed by atoms with E-state index in [-0.39, 0.29) is 28.6 Å². The summed E-state index contributed by atoms with van der Waals surface area (Å²) in [6, 6.07) is 2.99. The van der Waals surface area contributed by atoms with Crippen molar-refractivity contribution in [2.75, 3.05) is 47.3 Å². The van der Waals surface area contributed by atoms with Crippen molar-refractivity contribution in [3.05, 3.63) is 33.7 Å². The van der Waals surface area contributed by atoms with Crippen molar-refractivity contribution < 1.29 is 33.3 Å². The van der Waals surface area contributed by atoms with Gasteiger partial charge in [0.25, 0.3) is 11.8 Å². The van der Waals surface area contributed by atoms with Gasteiger partial charge in [-0.2, -0.15) is 0 Å². The highest BCUT2D eigenvalue weighted by Crippen LogP contribution is 2.39. The van der Waals surface area contributed by atoms with Gasteiger partial charge in [-0.15, -0.1) is 11.3 Å². The van der Waals surface area contributed by atoms with Gasteiger partial charge in [-0.05, 0) is 31.5 Å². The van der Waals surface area contributed by atoms with E-state index in [1.807, 2.05) is 0 Å². The Morgan fingerprint density at radius 3 is 2.06 bits per heavy atom. The van der Waals surface area contributed by atoms with Crippen LogP contribution in [0.1, 0.15) is 42.9 Å². The minimum absolute atomic E-state index is 0.151. The molecule has 1 aromatic heterocycles. The van der Waals surface area contributed by atoms with Crippen molar-refractivity contribution in [3.63, 3.8) is 0 Å². The Hall–Kier alpha value is -3.27. The fourth-order valence-corrected chi connectivity index (χ4v) is 4.06. The first-order valence-electron chi connectivity index (χ1n) is 9.33. The van der Waals surface area contributed by atoms with Gasteiger partial charge < -0.3 is 29.2 Å². The van der Waals surface area contributed by atoms with Gasteiger partial charge in [0.15, 0.2) is 11.5 Å². The summed E-state index contributed by atoms with van der Waals surface area (Å²) in [5.74, 6) is -0.447. The topological polar surface area (TPSA) is 103 Å². The van der Waals surface area contributed by atoms with Gasteiger partial charge >= 0.3 is 5.97 Å². The quantitative estimate of drug-likeness (QED) is 0.616. The molecule has 2 amide bonds. The number of nitrogens with one attached hydrogen (secondary N) is 1. The van der Waals surface area contributed by atoms with E-state index in [0.717, 1.165) is 11.3 Å². The van der Waals surface area contributed by atoms with E-state index in [1.165, 1.54) is 38.4 Å². The van der Waals surface area contributed by atoms with Crippen molar-refractivity contribution in [3.8, 4) is 17.2 Å². The normalized spacial score (nSPS) is 10.3. The molecule has 0 bridgehead atoms. The molecule has 2 rings (SSSR count). The lowest BCUT2D eigenvalue weighted by atomic mass is 10.1. The minimum Gasteiger partial charge on any atom is -0.493 e. The third-order valence-corrected chi connectivity index (χ3v) is 5.58. The number of ether oxygens (including phenoxy) is 4. The Kier molecular flexibility index (Phi) is 7.87. The minimum atomic E-state index is -0.616. The highest BCUT2D eigenvalue weighted by molar-refractivity contribution is 7.18. The van der Waals surface area contributed by atoms with E-state index in [4.69, 9.17) is 18.9 Å². The molecule has 2 aromatic rings. The number of benzene rings is 1. The van der Waals surface area contributed by atoms with E-state index in [9.17, 15) is 14.4 Å². The molecule has 168 valence electrons. The van der Waals surface area contributed by atoms with Crippen LogP contribution in [0.2, 0.25) is 0 Å². The maximum Gasteiger partial charge on any atom is 0.341 e. The molecule has 0 aliphatic carbocycles. The molecular weight excluding hydrogens is 424 g/mol. The second kappa shape index (κ2) is 10.2. The van der Waals surface area contributed by atoms with Crippen LogP contribution in [-0.4, -0.2) is 64.7 Å². The van der Waals surface area contributed by atoms with Gasteiger partial charge in [0.1, 0.15) is 5.00 Å². The molecule has 0 radical (unpaired) electrons. The lowest BCUT2D eigenvalue weighted by Crippen LogP contribution is -2.21. The van der Waals surface area contributed by atoms with Crippen LogP contribution in [0.15, 0.2) is 12.1 Å². The molecule has 0 aliphatic rings. The number of nitrogens with zero attached hydrogens (tertiary/aromatic N) is 1. The number of hydrogen-bond donors (Lipinski definition) is 1. The van der Waals surface area contributed by atoms with Crippen molar-refractivity contribution in [2.45, 2.75) is 13.8 Å². The zero-order valence-corrected chi connectivity index (χ0v) is 19.4. The lowest BCUT2D eigenvalue weighted by molar-refractivity contribution is 0.0527. The highest BCUT2D eigenvalue weighted by atomic mass is 32.1. The third kappa shape index (κ3) is 4.91. The van der Waals surface area contributed by atoms with Crippen LogP contribution in [-0.2, 0) is 4.74 Å².